The average molecular weight is 340 g/mol. The summed E-state index contributed by atoms with van der Waals surface area (Å²) in [5.41, 5.74) is -0.642. The quantitative estimate of drug-likeness (QED) is 0.824. The highest BCUT2D eigenvalue weighted by molar-refractivity contribution is 5.89. The molecule has 0 N–H and O–H groups in total. The Bertz CT molecular complexity index is 955. The van der Waals surface area contributed by atoms with Gasteiger partial charge in [-0.05, 0) is 19.1 Å². The first kappa shape index (κ1) is 16.5. The molecule has 0 spiro atoms. The van der Waals surface area contributed by atoms with Gasteiger partial charge in [-0.1, -0.05) is 18.2 Å². The molecule has 3 rings (SSSR count). The first-order valence-corrected chi connectivity index (χ1v) is 7.82. The number of nitrogens with zero attached hydrogens (tertiary/aromatic N) is 4. The number of nitriles is 1. The van der Waals surface area contributed by atoms with Crippen LogP contribution < -0.4 is 16.1 Å². The van der Waals surface area contributed by atoms with E-state index in [1.807, 2.05) is 6.07 Å². The van der Waals surface area contributed by atoms with Crippen LogP contribution in [-0.4, -0.2) is 27.9 Å². The van der Waals surface area contributed by atoms with Gasteiger partial charge >= 0.3 is 11.8 Å². The number of aromatic nitrogens is 2. The van der Waals surface area contributed by atoms with Crippen molar-refractivity contribution in [1.29, 1.82) is 5.26 Å². The lowest BCUT2D eigenvalue weighted by atomic mass is 10.2. The number of aryl methyl sites for hydroxylation is 1. The zero-order valence-corrected chi connectivity index (χ0v) is 13.6. The fourth-order valence-electron chi connectivity index (χ4n) is 2.76. The first-order chi connectivity index (χ1) is 12.0. The number of hydrogen-bond donors (Lipinski definition) is 0. The molecule has 0 radical (unpaired) electrons. The molecular weight excluding hydrogens is 324 g/mol. The fourth-order valence-corrected chi connectivity index (χ4v) is 2.76. The van der Waals surface area contributed by atoms with Gasteiger partial charge in [-0.2, -0.15) is 5.26 Å². The van der Waals surface area contributed by atoms with E-state index in [4.69, 9.17) is 10.00 Å². The number of cyclic esters (lactones) is 1. The van der Waals surface area contributed by atoms with E-state index in [0.717, 1.165) is 4.57 Å². The van der Waals surface area contributed by atoms with Crippen molar-refractivity contribution >= 4 is 11.8 Å². The van der Waals surface area contributed by atoms with Gasteiger partial charge in [0.1, 0.15) is 17.7 Å². The second-order valence-electron chi connectivity index (χ2n) is 5.59. The minimum absolute atomic E-state index is 0.0950. The molecule has 8 nitrogen and oxygen atoms in total. The van der Waals surface area contributed by atoms with Crippen molar-refractivity contribution in [3.8, 4) is 6.07 Å². The van der Waals surface area contributed by atoms with Crippen LogP contribution in [0.3, 0.4) is 0 Å². The molecule has 1 aromatic heterocycles. The third-order valence-corrected chi connectivity index (χ3v) is 4.03. The van der Waals surface area contributed by atoms with Gasteiger partial charge in [0.05, 0.1) is 13.1 Å². The second kappa shape index (κ2) is 6.65. The topological polar surface area (TPSA) is 97.3 Å². The monoisotopic (exact) mass is 340 g/mol. The van der Waals surface area contributed by atoms with E-state index in [-0.39, 0.29) is 18.7 Å². The number of rotatable bonds is 4. The number of ether oxygens (including phenoxy) is 1. The highest BCUT2D eigenvalue weighted by Gasteiger charge is 2.33. The molecule has 8 heteroatoms. The molecule has 1 aromatic carbocycles. The third kappa shape index (κ3) is 3.04. The van der Waals surface area contributed by atoms with Crippen molar-refractivity contribution in [2.45, 2.75) is 26.1 Å². The molecule has 1 atom stereocenters. The van der Waals surface area contributed by atoms with Gasteiger partial charge in [-0.25, -0.2) is 9.59 Å². The Morgan fingerprint density at radius 3 is 2.60 bits per heavy atom. The summed E-state index contributed by atoms with van der Waals surface area (Å²) in [6, 6.07) is 10.8. The van der Waals surface area contributed by atoms with Gasteiger partial charge in [0.2, 0.25) is 0 Å². The molecule has 1 amide bonds. The average Bonchev–Trinajstić information content (AvgIpc) is 3.00. The van der Waals surface area contributed by atoms with Crippen molar-refractivity contribution < 1.29 is 9.53 Å². The summed E-state index contributed by atoms with van der Waals surface area (Å²) in [4.78, 5) is 38.2. The van der Waals surface area contributed by atoms with Crippen LogP contribution in [-0.2, 0) is 17.8 Å². The maximum absolute atomic E-state index is 12.4. The summed E-state index contributed by atoms with van der Waals surface area (Å²) >= 11 is 0. The molecule has 128 valence electrons. The highest BCUT2D eigenvalue weighted by Crippen LogP contribution is 2.21. The van der Waals surface area contributed by atoms with Crippen LogP contribution in [0.15, 0.2) is 46.1 Å². The van der Waals surface area contributed by atoms with Gasteiger partial charge in [0, 0.05) is 18.4 Å². The largest absolute Gasteiger partial charge is 0.442 e. The molecule has 1 aliphatic rings. The van der Waals surface area contributed by atoms with Gasteiger partial charge < -0.3 is 4.74 Å². The first-order valence-electron chi connectivity index (χ1n) is 7.82. The summed E-state index contributed by atoms with van der Waals surface area (Å²) in [5, 5.41) is 9.08. The van der Waals surface area contributed by atoms with E-state index in [1.165, 1.54) is 15.7 Å². The standard InChI is InChI=1S/C17H16N4O4/c1-2-19-9-12(8-18)15(22)21(16(19)23)11-14-10-20(17(24)25-14)13-6-4-3-5-7-13/h3-7,9,14H,2,10-11H2,1H3. The lowest BCUT2D eigenvalue weighted by Crippen LogP contribution is -2.43. The SMILES string of the molecule is CCn1cc(C#N)c(=O)n(CC2CN(c3ccccc3)C(=O)O2)c1=O. The maximum Gasteiger partial charge on any atom is 0.414 e. The molecule has 2 aromatic rings. The second-order valence-corrected chi connectivity index (χ2v) is 5.59. The molecule has 2 heterocycles. The number of para-hydroxylation sites is 1. The van der Waals surface area contributed by atoms with Gasteiger partial charge in [0.15, 0.2) is 0 Å². The van der Waals surface area contributed by atoms with E-state index in [9.17, 15) is 14.4 Å². The zero-order valence-electron chi connectivity index (χ0n) is 13.6. The molecule has 0 aliphatic carbocycles. The Labute approximate surface area is 143 Å². The Hall–Kier alpha value is -3.34. The van der Waals surface area contributed by atoms with E-state index in [0.29, 0.717) is 12.2 Å². The molecule has 1 aliphatic heterocycles. The smallest absolute Gasteiger partial charge is 0.414 e. The van der Waals surface area contributed by atoms with Crippen LogP contribution in [0.25, 0.3) is 0 Å². The number of hydrogen-bond acceptors (Lipinski definition) is 5. The van der Waals surface area contributed by atoms with E-state index >= 15 is 0 Å². The normalized spacial score (nSPS) is 16.6. The van der Waals surface area contributed by atoms with Gasteiger partial charge in [-0.3, -0.25) is 18.8 Å². The molecule has 0 saturated carbocycles. The number of amides is 1. The molecule has 25 heavy (non-hydrogen) atoms. The summed E-state index contributed by atoms with van der Waals surface area (Å²) < 4.78 is 7.52. The van der Waals surface area contributed by atoms with Crippen LogP contribution in [0.1, 0.15) is 12.5 Å². The molecule has 1 unspecified atom stereocenters. The predicted molar refractivity (Wildman–Crippen MR) is 89.4 cm³/mol. The van der Waals surface area contributed by atoms with Crippen molar-refractivity contribution in [2.75, 3.05) is 11.4 Å². The zero-order chi connectivity index (χ0) is 18.0. The Kier molecular flexibility index (Phi) is 4.39. The van der Waals surface area contributed by atoms with Crippen LogP contribution in [0.2, 0.25) is 0 Å². The molecule has 0 bridgehead atoms. The van der Waals surface area contributed by atoms with Gasteiger partial charge in [0.25, 0.3) is 5.56 Å². The number of carbonyl (C=O) groups is 1. The summed E-state index contributed by atoms with van der Waals surface area (Å²) in [6.07, 6.45) is 0.0619. The predicted octanol–water partition coefficient (Wildman–Crippen LogP) is 0.927. The van der Waals surface area contributed by atoms with E-state index in [1.54, 1.807) is 37.3 Å². The molecular formula is C17H16N4O4. The third-order valence-electron chi connectivity index (χ3n) is 4.03. The summed E-state index contributed by atoms with van der Waals surface area (Å²) in [7, 11) is 0. The van der Waals surface area contributed by atoms with Crippen molar-refractivity contribution in [2.24, 2.45) is 0 Å². The minimum atomic E-state index is -0.675. The van der Waals surface area contributed by atoms with Crippen molar-refractivity contribution in [1.82, 2.24) is 9.13 Å². The van der Waals surface area contributed by atoms with Crippen LogP contribution >= 0.6 is 0 Å². The lowest BCUT2D eigenvalue weighted by molar-refractivity contribution is 0.130. The van der Waals surface area contributed by atoms with Crippen LogP contribution in [0, 0.1) is 11.3 Å². The van der Waals surface area contributed by atoms with Crippen LogP contribution in [0.4, 0.5) is 10.5 Å². The highest BCUT2D eigenvalue weighted by atomic mass is 16.6. The Balaban J connectivity index is 1.89. The van der Waals surface area contributed by atoms with Crippen molar-refractivity contribution in [3.63, 3.8) is 0 Å². The number of benzene rings is 1. The number of carbonyl (C=O) groups excluding carboxylic acids is 1. The lowest BCUT2D eigenvalue weighted by Gasteiger charge is -2.13. The van der Waals surface area contributed by atoms with Crippen LogP contribution in [0.5, 0.6) is 0 Å². The minimum Gasteiger partial charge on any atom is -0.442 e. The number of anilines is 1. The van der Waals surface area contributed by atoms with Gasteiger partial charge in [-0.15, -0.1) is 0 Å². The van der Waals surface area contributed by atoms with E-state index < -0.39 is 23.4 Å². The Morgan fingerprint density at radius 2 is 1.96 bits per heavy atom. The van der Waals surface area contributed by atoms with E-state index in [2.05, 4.69) is 0 Å². The molecule has 1 fully saturated rings. The Morgan fingerprint density at radius 1 is 1.24 bits per heavy atom. The summed E-state index contributed by atoms with van der Waals surface area (Å²) in [5.74, 6) is 0. The maximum atomic E-state index is 12.4. The fraction of sp³-hybridized carbons (Fsp3) is 0.294. The molecule has 1 saturated heterocycles. The van der Waals surface area contributed by atoms with Crippen molar-refractivity contribution in [3.05, 3.63) is 62.9 Å². The summed E-state index contributed by atoms with van der Waals surface area (Å²) in [6.45, 7) is 2.19.